The van der Waals surface area contributed by atoms with Crippen molar-refractivity contribution in [2.24, 2.45) is 0 Å². The van der Waals surface area contributed by atoms with E-state index >= 15 is 0 Å². The quantitative estimate of drug-likeness (QED) is 0.217. The van der Waals surface area contributed by atoms with Crippen LogP contribution in [0, 0.1) is 15.5 Å². The van der Waals surface area contributed by atoms with Crippen molar-refractivity contribution in [3.63, 3.8) is 0 Å². The molecular formula is C19H31N3O3SSi. The molecule has 0 aromatic heterocycles. The Morgan fingerprint density at radius 2 is 2.00 bits per heavy atom. The molecule has 2 atom stereocenters. The zero-order valence-electron chi connectivity index (χ0n) is 16.9. The van der Waals surface area contributed by atoms with Crippen molar-refractivity contribution in [3.8, 4) is 0 Å². The lowest BCUT2D eigenvalue weighted by Crippen LogP contribution is -2.44. The molecule has 1 aliphatic rings. The fraction of sp³-hybridized carbons (Fsp3) is 0.632. The average molecular weight is 410 g/mol. The van der Waals surface area contributed by atoms with Gasteiger partial charge in [0.2, 0.25) is 0 Å². The Balaban J connectivity index is 2.08. The van der Waals surface area contributed by atoms with Gasteiger partial charge in [0.05, 0.1) is 16.6 Å². The molecule has 8 heteroatoms. The first-order valence-corrected chi connectivity index (χ1v) is 13.2. The molecule has 27 heavy (non-hydrogen) atoms. The summed E-state index contributed by atoms with van der Waals surface area (Å²) in [5, 5.41) is 18.3. The second-order valence-corrected chi connectivity index (χ2v) is 14.4. The van der Waals surface area contributed by atoms with Crippen LogP contribution in [0.5, 0.6) is 0 Å². The van der Waals surface area contributed by atoms with E-state index in [0.29, 0.717) is 6.04 Å². The van der Waals surface area contributed by atoms with Gasteiger partial charge in [0.15, 0.2) is 8.32 Å². The van der Waals surface area contributed by atoms with Crippen LogP contribution in [0.2, 0.25) is 18.1 Å². The summed E-state index contributed by atoms with van der Waals surface area (Å²) in [7, 11) is -1.83. The fourth-order valence-electron chi connectivity index (χ4n) is 3.10. The van der Waals surface area contributed by atoms with Gasteiger partial charge in [-0.25, -0.2) is 0 Å². The summed E-state index contributed by atoms with van der Waals surface area (Å²) < 4.78 is 6.63. The number of non-ortho nitro benzene ring substituents is 1. The van der Waals surface area contributed by atoms with Crippen molar-refractivity contribution in [1.82, 2.24) is 4.90 Å². The third-order valence-electron chi connectivity index (χ3n) is 5.66. The summed E-state index contributed by atoms with van der Waals surface area (Å²) >= 11 is 1.52. The lowest BCUT2D eigenvalue weighted by atomic mass is 10.2. The molecule has 0 bridgehead atoms. The van der Waals surface area contributed by atoms with Crippen molar-refractivity contribution in [1.29, 1.82) is 5.41 Å². The number of likely N-dealkylation sites (tertiary alicyclic amines) is 1. The average Bonchev–Trinajstić information content (AvgIpc) is 2.93. The zero-order valence-corrected chi connectivity index (χ0v) is 18.7. The van der Waals surface area contributed by atoms with Gasteiger partial charge in [-0.2, -0.15) is 0 Å². The molecule has 1 saturated heterocycles. The summed E-state index contributed by atoms with van der Waals surface area (Å²) in [5.41, 5.74) is 2.58. The summed E-state index contributed by atoms with van der Waals surface area (Å²) in [6.45, 7) is 13.0. The van der Waals surface area contributed by atoms with Crippen molar-refractivity contribution < 1.29 is 9.35 Å². The van der Waals surface area contributed by atoms with Crippen LogP contribution in [0.3, 0.4) is 0 Å². The minimum absolute atomic E-state index is 0.121. The molecule has 0 saturated carbocycles. The van der Waals surface area contributed by atoms with E-state index < -0.39 is 8.32 Å². The van der Waals surface area contributed by atoms with Crippen molar-refractivity contribution in [2.75, 3.05) is 12.3 Å². The van der Waals surface area contributed by atoms with Gasteiger partial charge in [-0.1, -0.05) is 32.9 Å². The number of rotatable bonds is 8. The molecule has 0 amide bonds. The van der Waals surface area contributed by atoms with E-state index in [-0.39, 0.29) is 21.8 Å². The Morgan fingerprint density at radius 3 is 2.52 bits per heavy atom. The van der Waals surface area contributed by atoms with Gasteiger partial charge >= 0.3 is 0 Å². The van der Waals surface area contributed by atoms with E-state index in [1.165, 1.54) is 17.3 Å². The van der Waals surface area contributed by atoms with E-state index in [1.807, 2.05) is 12.1 Å². The van der Waals surface area contributed by atoms with Gasteiger partial charge in [0.25, 0.3) is 5.69 Å². The molecule has 6 nitrogen and oxygen atoms in total. The highest BCUT2D eigenvalue weighted by Crippen LogP contribution is 2.39. The summed E-state index contributed by atoms with van der Waals surface area (Å²) in [5.74, 6) is 0.869. The van der Waals surface area contributed by atoms with Crippen LogP contribution < -0.4 is 0 Å². The normalized spacial score (nSPS) is 21.4. The second-order valence-electron chi connectivity index (χ2n) is 8.69. The number of nitro groups is 1. The van der Waals surface area contributed by atoms with Gasteiger partial charge in [-0.15, -0.1) is 11.8 Å². The van der Waals surface area contributed by atoms with E-state index in [9.17, 15) is 10.1 Å². The number of hydrogen-bond donors (Lipinski definition) is 1. The van der Waals surface area contributed by atoms with Crippen molar-refractivity contribution in [3.05, 3.63) is 39.9 Å². The lowest BCUT2D eigenvalue weighted by molar-refractivity contribution is -0.384. The van der Waals surface area contributed by atoms with Crippen LogP contribution in [-0.4, -0.2) is 48.1 Å². The maximum Gasteiger partial charge on any atom is 0.269 e. The standard InChI is InChI=1S/C19H31N3O3SSi/c1-19(2,3)27(4,5)25-18-10-17(13-26-14-20)21(12-18)11-15-6-8-16(9-7-15)22(23)24/h6-9,14,17-18,20H,10-13H2,1-5H3/t17-,18+/m1/s1. The van der Waals surface area contributed by atoms with Gasteiger partial charge in [0, 0.05) is 37.0 Å². The number of nitrogens with one attached hydrogen (secondary N) is 1. The molecule has 1 N–H and O–H groups in total. The number of hydrogen-bond acceptors (Lipinski definition) is 6. The monoisotopic (exact) mass is 409 g/mol. The van der Waals surface area contributed by atoms with Gasteiger partial charge in [-0.3, -0.25) is 15.0 Å². The molecule has 0 spiro atoms. The molecule has 0 unspecified atom stereocenters. The van der Waals surface area contributed by atoms with Crippen LogP contribution in [-0.2, 0) is 11.0 Å². The van der Waals surface area contributed by atoms with E-state index in [2.05, 4.69) is 38.8 Å². The highest BCUT2D eigenvalue weighted by Gasteiger charge is 2.42. The lowest BCUT2D eigenvalue weighted by Gasteiger charge is -2.38. The number of benzene rings is 1. The molecule has 2 rings (SSSR count). The Morgan fingerprint density at radius 1 is 1.37 bits per heavy atom. The smallest absolute Gasteiger partial charge is 0.269 e. The molecule has 0 radical (unpaired) electrons. The molecule has 150 valence electrons. The molecule has 1 fully saturated rings. The first kappa shape index (κ1) is 22.1. The van der Waals surface area contributed by atoms with Crippen molar-refractivity contribution >= 4 is 31.3 Å². The predicted octanol–water partition coefficient (Wildman–Crippen LogP) is 4.90. The van der Waals surface area contributed by atoms with Crippen molar-refractivity contribution in [2.45, 2.75) is 64.0 Å². The van der Waals surface area contributed by atoms with Gasteiger partial charge in [-0.05, 0) is 30.1 Å². The van der Waals surface area contributed by atoms with E-state index in [4.69, 9.17) is 9.84 Å². The van der Waals surface area contributed by atoms with Crippen LogP contribution in [0.4, 0.5) is 5.69 Å². The Labute approximate surface area is 167 Å². The Hall–Kier alpha value is -1.22. The Bertz CT molecular complexity index is 661. The maximum absolute atomic E-state index is 10.8. The Kier molecular flexibility index (Phi) is 7.24. The highest BCUT2D eigenvalue weighted by atomic mass is 32.2. The van der Waals surface area contributed by atoms with Crippen LogP contribution in [0.25, 0.3) is 0 Å². The van der Waals surface area contributed by atoms with Gasteiger partial charge in [0.1, 0.15) is 0 Å². The van der Waals surface area contributed by atoms with Gasteiger partial charge < -0.3 is 9.84 Å². The summed E-state index contributed by atoms with van der Waals surface area (Å²) in [6, 6.07) is 7.15. The van der Waals surface area contributed by atoms with Crippen LogP contribution >= 0.6 is 11.8 Å². The molecule has 1 aliphatic heterocycles. The molecular weight excluding hydrogens is 378 g/mol. The molecule has 1 aromatic rings. The van der Waals surface area contributed by atoms with E-state index in [0.717, 1.165) is 30.8 Å². The second kappa shape index (κ2) is 8.85. The van der Waals surface area contributed by atoms with Crippen LogP contribution in [0.15, 0.2) is 24.3 Å². The maximum atomic E-state index is 10.8. The predicted molar refractivity (Wildman–Crippen MR) is 115 cm³/mol. The molecule has 0 aliphatic carbocycles. The zero-order chi connectivity index (χ0) is 20.2. The topological polar surface area (TPSA) is 79.5 Å². The summed E-state index contributed by atoms with van der Waals surface area (Å²) in [4.78, 5) is 12.9. The molecule has 1 heterocycles. The SMILES string of the molecule is CC(C)(C)[Si](C)(C)O[C@H]1C[C@H](CSC=N)N(Cc2ccc([N+](=O)[O-])cc2)C1. The highest BCUT2D eigenvalue weighted by molar-refractivity contribution is 8.12. The third-order valence-corrected chi connectivity index (χ3v) is 10.9. The fourth-order valence-corrected chi connectivity index (χ4v) is 5.12. The number of nitro benzene ring substituents is 1. The van der Waals surface area contributed by atoms with E-state index in [1.54, 1.807) is 12.1 Å². The minimum Gasteiger partial charge on any atom is -0.413 e. The first-order valence-electron chi connectivity index (χ1n) is 9.29. The van der Waals surface area contributed by atoms with Crippen LogP contribution in [0.1, 0.15) is 32.8 Å². The summed E-state index contributed by atoms with van der Waals surface area (Å²) in [6.07, 6.45) is 1.18. The third kappa shape index (κ3) is 5.87. The largest absolute Gasteiger partial charge is 0.413 e. The number of thioether (sulfide) groups is 1. The first-order chi connectivity index (χ1) is 12.5. The minimum atomic E-state index is -1.83. The number of nitrogens with zero attached hydrogens (tertiary/aromatic N) is 2. The molecule has 1 aromatic carbocycles.